The Bertz CT molecular complexity index is 554. The number of carbonyl (C=O) groups excluding carboxylic acids is 1. The molecule has 0 spiro atoms. The van der Waals surface area contributed by atoms with Crippen molar-refractivity contribution in [3.8, 4) is 5.75 Å². The monoisotopic (exact) mass is 324 g/mol. The van der Waals surface area contributed by atoms with Crippen LogP contribution in [0.5, 0.6) is 5.75 Å². The van der Waals surface area contributed by atoms with Gasteiger partial charge in [-0.05, 0) is 30.7 Å². The van der Waals surface area contributed by atoms with Crippen molar-refractivity contribution in [2.45, 2.75) is 37.6 Å². The van der Waals surface area contributed by atoms with Gasteiger partial charge in [0.1, 0.15) is 18.0 Å². The first-order valence-corrected chi connectivity index (χ1v) is 7.15. The predicted molar refractivity (Wildman–Crippen MR) is 80.5 cm³/mol. The first kappa shape index (κ1) is 17.4. The Morgan fingerprint density at radius 2 is 1.83 bits per heavy atom. The molecule has 126 valence electrons. The molecule has 3 N–H and O–H groups in total. The number of ether oxygens (including phenoxy) is 3. The number of aliphatic hydroxyl groups is 3. The highest BCUT2D eigenvalue weighted by molar-refractivity contribution is 5.87. The first-order chi connectivity index (χ1) is 10.9. The quantitative estimate of drug-likeness (QED) is 0.532. The van der Waals surface area contributed by atoms with Gasteiger partial charge in [-0.1, -0.05) is 12.1 Å². The molecule has 1 aromatic carbocycles. The highest BCUT2D eigenvalue weighted by Gasteiger charge is 2.43. The molecule has 0 saturated carbocycles. The van der Waals surface area contributed by atoms with Crippen molar-refractivity contribution in [3.63, 3.8) is 0 Å². The zero-order valence-electron chi connectivity index (χ0n) is 12.8. The summed E-state index contributed by atoms with van der Waals surface area (Å²) >= 11 is 0. The van der Waals surface area contributed by atoms with Crippen LogP contribution < -0.4 is 4.74 Å². The summed E-state index contributed by atoms with van der Waals surface area (Å²) in [6, 6.07) is 7.04. The second-order valence-electron chi connectivity index (χ2n) is 5.22. The van der Waals surface area contributed by atoms with Gasteiger partial charge in [0.2, 0.25) is 0 Å². The Morgan fingerprint density at radius 3 is 2.43 bits per heavy atom. The number of benzene rings is 1. The molecular weight excluding hydrogens is 304 g/mol. The highest BCUT2D eigenvalue weighted by Crippen LogP contribution is 2.22. The Hall–Kier alpha value is -1.93. The lowest BCUT2D eigenvalue weighted by Crippen LogP contribution is -2.57. The molecule has 0 radical (unpaired) electrons. The van der Waals surface area contributed by atoms with Crippen LogP contribution in [0.25, 0.3) is 6.08 Å². The van der Waals surface area contributed by atoms with Crippen molar-refractivity contribution in [1.29, 1.82) is 0 Å². The molecule has 1 saturated heterocycles. The van der Waals surface area contributed by atoms with E-state index in [-0.39, 0.29) is 0 Å². The minimum Gasteiger partial charge on any atom is -0.497 e. The molecule has 1 aliphatic heterocycles. The maximum absolute atomic E-state index is 11.8. The lowest BCUT2D eigenvalue weighted by Gasteiger charge is -2.38. The van der Waals surface area contributed by atoms with E-state index >= 15 is 0 Å². The zero-order valence-corrected chi connectivity index (χ0v) is 12.8. The van der Waals surface area contributed by atoms with Crippen LogP contribution in [-0.4, -0.2) is 59.1 Å². The molecule has 1 aliphatic rings. The number of methoxy groups -OCH3 is 1. The van der Waals surface area contributed by atoms with E-state index in [0.29, 0.717) is 5.75 Å². The van der Waals surface area contributed by atoms with Crippen molar-refractivity contribution in [3.05, 3.63) is 35.9 Å². The minimum atomic E-state index is -1.53. The van der Waals surface area contributed by atoms with Crippen LogP contribution in [0.4, 0.5) is 0 Å². The lowest BCUT2D eigenvalue weighted by molar-refractivity contribution is -0.280. The van der Waals surface area contributed by atoms with E-state index in [1.807, 2.05) is 0 Å². The van der Waals surface area contributed by atoms with Gasteiger partial charge in [-0.2, -0.15) is 0 Å². The highest BCUT2D eigenvalue weighted by atomic mass is 16.7. The summed E-state index contributed by atoms with van der Waals surface area (Å²) < 4.78 is 15.1. The second kappa shape index (κ2) is 7.56. The molecule has 1 fully saturated rings. The SMILES string of the molecule is COc1ccc(/C=C\C(=O)O[C@H]2[C@H](O)[C@@H](O)[C@H](O)O[C@H]2C)cc1. The van der Waals surface area contributed by atoms with Crippen LogP contribution in [0.15, 0.2) is 30.3 Å². The van der Waals surface area contributed by atoms with Gasteiger partial charge in [0, 0.05) is 6.08 Å². The first-order valence-electron chi connectivity index (χ1n) is 7.15. The fraction of sp³-hybridized carbons (Fsp3) is 0.438. The van der Waals surface area contributed by atoms with Gasteiger partial charge in [0.25, 0.3) is 0 Å². The third-order valence-corrected chi connectivity index (χ3v) is 3.58. The van der Waals surface area contributed by atoms with E-state index in [1.165, 1.54) is 13.0 Å². The minimum absolute atomic E-state index is 0.691. The van der Waals surface area contributed by atoms with Crippen molar-refractivity contribution in [1.82, 2.24) is 0 Å². The fourth-order valence-electron chi connectivity index (χ4n) is 2.24. The van der Waals surface area contributed by atoms with E-state index in [9.17, 15) is 20.1 Å². The van der Waals surface area contributed by atoms with Gasteiger partial charge in [-0.3, -0.25) is 0 Å². The smallest absolute Gasteiger partial charge is 0.331 e. The molecule has 2 rings (SSSR count). The molecule has 1 heterocycles. The van der Waals surface area contributed by atoms with Crippen molar-refractivity contribution in [2.75, 3.05) is 7.11 Å². The standard InChI is InChI=1S/C16H20O7/c1-9-15(13(18)14(19)16(20)22-9)23-12(17)8-5-10-3-6-11(21-2)7-4-10/h3-9,13-16,18-20H,1-2H3/b8-5-/t9-,13+,14+,15+,16+/m0/s1. The average molecular weight is 324 g/mol. The van der Waals surface area contributed by atoms with Crippen LogP contribution in [0.3, 0.4) is 0 Å². The Kier molecular flexibility index (Phi) is 5.73. The summed E-state index contributed by atoms with van der Waals surface area (Å²) in [5, 5.41) is 28.8. The van der Waals surface area contributed by atoms with Crippen LogP contribution >= 0.6 is 0 Å². The topological polar surface area (TPSA) is 105 Å². The molecule has 0 bridgehead atoms. The average Bonchev–Trinajstić information content (AvgIpc) is 2.55. The summed E-state index contributed by atoms with van der Waals surface area (Å²) in [5.41, 5.74) is 0.770. The van der Waals surface area contributed by atoms with Crippen molar-refractivity contribution < 1.29 is 34.3 Å². The number of hydrogen-bond acceptors (Lipinski definition) is 7. The van der Waals surface area contributed by atoms with E-state index < -0.39 is 36.7 Å². The van der Waals surface area contributed by atoms with Gasteiger partial charge >= 0.3 is 5.97 Å². The van der Waals surface area contributed by atoms with E-state index in [0.717, 1.165) is 5.56 Å². The van der Waals surface area contributed by atoms with Crippen LogP contribution in [-0.2, 0) is 14.3 Å². The Balaban J connectivity index is 1.96. The third-order valence-electron chi connectivity index (χ3n) is 3.58. The lowest BCUT2D eigenvalue weighted by atomic mass is 10.00. The van der Waals surface area contributed by atoms with Gasteiger partial charge in [0.05, 0.1) is 13.2 Å². The summed E-state index contributed by atoms with van der Waals surface area (Å²) in [5.74, 6) is 0.0116. The fourth-order valence-corrected chi connectivity index (χ4v) is 2.24. The molecule has 23 heavy (non-hydrogen) atoms. The molecule has 5 atom stereocenters. The molecule has 0 amide bonds. The van der Waals surface area contributed by atoms with Gasteiger partial charge in [-0.25, -0.2) is 4.79 Å². The predicted octanol–water partition coefficient (Wildman–Crippen LogP) is 0.0791. The summed E-state index contributed by atoms with van der Waals surface area (Å²) in [6.07, 6.45) is -3.53. The van der Waals surface area contributed by atoms with Crippen molar-refractivity contribution >= 4 is 12.0 Å². The Morgan fingerprint density at radius 1 is 1.17 bits per heavy atom. The molecule has 0 aliphatic carbocycles. The molecule has 7 heteroatoms. The van der Waals surface area contributed by atoms with Crippen LogP contribution in [0.1, 0.15) is 12.5 Å². The van der Waals surface area contributed by atoms with Crippen LogP contribution in [0, 0.1) is 0 Å². The van der Waals surface area contributed by atoms with E-state index in [2.05, 4.69) is 0 Å². The normalized spacial score (nSPS) is 31.1. The van der Waals surface area contributed by atoms with Crippen molar-refractivity contribution in [2.24, 2.45) is 0 Å². The maximum atomic E-state index is 11.8. The van der Waals surface area contributed by atoms with E-state index in [4.69, 9.17) is 14.2 Å². The molecule has 0 unspecified atom stereocenters. The number of carbonyl (C=O) groups is 1. The summed E-state index contributed by atoms with van der Waals surface area (Å²) in [4.78, 5) is 11.8. The molecule has 0 aromatic heterocycles. The summed E-state index contributed by atoms with van der Waals surface area (Å²) in [6.45, 7) is 1.53. The van der Waals surface area contributed by atoms with Gasteiger partial charge in [0.15, 0.2) is 12.4 Å². The second-order valence-corrected chi connectivity index (χ2v) is 5.22. The summed E-state index contributed by atoms with van der Waals surface area (Å²) in [7, 11) is 1.56. The molecule has 1 aromatic rings. The van der Waals surface area contributed by atoms with Gasteiger partial charge < -0.3 is 29.5 Å². The van der Waals surface area contributed by atoms with Crippen LogP contribution in [0.2, 0.25) is 0 Å². The molecular formula is C16H20O7. The third kappa shape index (κ3) is 4.29. The number of aliphatic hydroxyl groups excluding tert-OH is 3. The largest absolute Gasteiger partial charge is 0.497 e. The zero-order chi connectivity index (χ0) is 17.0. The maximum Gasteiger partial charge on any atom is 0.331 e. The number of hydrogen-bond donors (Lipinski definition) is 3. The number of esters is 1. The number of rotatable bonds is 4. The van der Waals surface area contributed by atoms with Gasteiger partial charge in [-0.15, -0.1) is 0 Å². The van der Waals surface area contributed by atoms with E-state index in [1.54, 1.807) is 37.5 Å². The Labute approximate surface area is 133 Å². The molecule has 7 nitrogen and oxygen atoms in total.